The number of aryl methyl sites for hydroxylation is 2. The minimum atomic E-state index is 0.753. The maximum atomic E-state index is 5.23. The van der Waals surface area contributed by atoms with E-state index in [9.17, 15) is 0 Å². The van der Waals surface area contributed by atoms with Crippen LogP contribution in [-0.4, -0.2) is 9.97 Å². The minimum absolute atomic E-state index is 0.753. The average Bonchev–Trinajstić information content (AvgIpc) is 3.03. The number of hydrogen-bond donors (Lipinski definition) is 1. The van der Waals surface area contributed by atoms with E-state index in [1.165, 1.54) is 27.5 Å². The molecule has 41 heavy (non-hydrogen) atoms. The molecular formula is C38H33N3. The lowest BCUT2D eigenvalue weighted by molar-refractivity contribution is 0.930. The number of nitrogens with zero attached hydrogens (tertiary/aromatic N) is 2. The summed E-state index contributed by atoms with van der Waals surface area (Å²) in [5.74, 6) is 0.753. The van der Waals surface area contributed by atoms with Crippen molar-refractivity contribution < 1.29 is 0 Å². The topological polar surface area (TPSA) is 37.8 Å². The van der Waals surface area contributed by atoms with Gasteiger partial charge in [0.05, 0.1) is 17.1 Å². The van der Waals surface area contributed by atoms with Crippen LogP contribution in [0.1, 0.15) is 30.2 Å². The summed E-state index contributed by atoms with van der Waals surface area (Å²) in [7, 11) is 0. The molecule has 1 N–H and O–H groups in total. The van der Waals surface area contributed by atoms with Gasteiger partial charge in [0, 0.05) is 22.2 Å². The highest BCUT2D eigenvalue weighted by atomic mass is 15.0. The SMILES string of the molecule is C=Cc1ccc(Nc2nc(-c3ccccc3)c(-c3ccccc3)nc2C)c2c(CCC)ccc(-c3ccccc3)c12. The Labute approximate surface area is 242 Å². The normalized spacial score (nSPS) is 11.0. The molecule has 0 saturated heterocycles. The number of aromatic nitrogens is 2. The molecule has 3 nitrogen and oxygen atoms in total. The standard InChI is InChI=1S/C38H33N3/c1-4-15-29-22-24-32(28-16-9-6-10-17-28)34-27(5-2)23-25-33(35(29)34)40-38-26(3)39-36(30-18-11-7-12-19-30)37(41-38)31-20-13-8-14-21-31/h5-14,16-25H,2,4,15H2,1,3H3,(H,40,41). The van der Waals surface area contributed by atoms with Gasteiger partial charge in [0.15, 0.2) is 5.82 Å². The van der Waals surface area contributed by atoms with Crippen LogP contribution in [0.3, 0.4) is 0 Å². The fourth-order valence-corrected chi connectivity index (χ4v) is 5.56. The Balaban J connectivity index is 1.57. The third-order valence-corrected chi connectivity index (χ3v) is 7.52. The Bertz CT molecular complexity index is 1830. The molecule has 0 aliphatic rings. The second-order valence-corrected chi connectivity index (χ2v) is 10.3. The quantitative estimate of drug-likeness (QED) is 0.212. The second-order valence-electron chi connectivity index (χ2n) is 10.3. The molecule has 1 heterocycles. The number of benzene rings is 5. The zero-order valence-corrected chi connectivity index (χ0v) is 23.6. The molecule has 6 rings (SSSR count). The largest absolute Gasteiger partial charge is 0.338 e. The van der Waals surface area contributed by atoms with Crippen molar-refractivity contribution >= 4 is 28.4 Å². The van der Waals surface area contributed by atoms with Gasteiger partial charge in [-0.3, -0.25) is 0 Å². The molecule has 5 aromatic carbocycles. The van der Waals surface area contributed by atoms with E-state index in [1.807, 2.05) is 49.4 Å². The van der Waals surface area contributed by atoms with Crippen LogP contribution < -0.4 is 5.32 Å². The monoisotopic (exact) mass is 531 g/mol. The van der Waals surface area contributed by atoms with Gasteiger partial charge in [-0.25, -0.2) is 9.97 Å². The predicted molar refractivity (Wildman–Crippen MR) is 174 cm³/mol. The highest BCUT2D eigenvalue weighted by Crippen LogP contribution is 2.40. The number of rotatable bonds is 8. The molecule has 1 aromatic heterocycles. The van der Waals surface area contributed by atoms with Gasteiger partial charge in [0.2, 0.25) is 0 Å². The van der Waals surface area contributed by atoms with Crippen molar-refractivity contribution in [2.75, 3.05) is 5.32 Å². The van der Waals surface area contributed by atoms with Crippen molar-refractivity contribution in [2.45, 2.75) is 26.7 Å². The fourth-order valence-electron chi connectivity index (χ4n) is 5.56. The summed E-state index contributed by atoms with van der Waals surface area (Å²) in [4.78, 5) is 10.3. The molecular weight excluding hydrogens is 498 g/mol. The number of fused-ring (bicyclic) bond motifs is 1. The van der Waals surface area contributed by atoms with Crippen LogP contribution in [0.4, 0.5) is 11.5 Å². The Morgan fingerprint density at radius 2 is 1.24 bits per heavy atom. The van der Waals surface area contributed by atoms with Crippen LogP contribution in [0.2, 0.25) is 0 Å². The lowest BCUT2D eigenvalue weighted by atomic mass is 9.89. The van der Waals surface area contributed by atoms with E-state index in [1.54, 1.807) is 0 Å². The van der Waals surface area contributed by atoms with Crippen molar-refractivity contribution in [2.24, 2.45) is 0 Å². The lowest BCUT2D eigenvalue weighted by Gasteiger charge is -2.20. The first kappa shape index (κ1) is 26.2. The maximum absolute atomic E-state index is 5.23. The second kappa shape index (κ2) is 11.6. The van der Waals surface area contributed by atoms with Gasteiger partial charge in [-0.1, -0.05) is 135 Å². The fraction of sp³-hybridized carbons (Fsp3) is 0.105. The molecule has 0 atom stereocenters. The number of hydrogen-bond acceptors (Lipinski definition) is 3. The van der Waals surface area contributed by atoms with Crippen molar-refractivity contribution in [3.63, 3.8) is 0 Å². The van der Waals surface area contributed by atoms with Crippen molar-refractivity contribution in [3.05, 3.63) is 139 Å². The Morgan fingerprint density at radius 1 is 0.659 bits per heavy atom. The van der Waals surface area contributed by atoms with E-state index in [-0.39, 0.29) is 0 Å². The molecule has 0 fully saturated rings. The first-order valence-electron chi connectivity index (χ1n) is 14.2. The summed E-state index contributed by atoms with van der Waals surface area (Å²) in [5, 5.41) is 6.14. The van der Waals surface area contributed by atoms with Crippen molar-refractivity contribution in [3.8, 4) is 33.6 Å². The van der Waals surface area contributed by atoms with E-state index >= 15 is 0 Å². The highest BCUT2D eigenvalue weighted by molar-refractivity contribution is 6.09. The summed E-state index contributed by atoms with van der Waals surface area (Å²) >= 11 is 0. The summed E-state index contributed by atoms with van der Waals surface area (Å²) in [5.41, 5.74) is 10.5. The van der Waals surface area contributed by atoms with Gasteiger partial charge in [-0.2, -0.15) is 0 Å². The molecule has 0 amide bonds. The summed E-state index contributed by atoms with van der Waals surface area (Å²) in [6, 6.07) is 40.0. The van der Waals surface area contributed by atoms with E-state index in [2.05, 4.69) is 97.7 Å². The number of nitrogens with one attached hydrogen (secondary N) is 1. The summed E-state index contributed by atoms with van der Waals surface area (Å²) < 4.78 is 0. The summed E-state index contributed by atoms with van der Waals surface area (Å²) in [6.45, 7) is 8.41. The van der Waals surface area contributed by atoms with Gasteiger partial charge >= 0.3 is 0 Å². The molecule has 0 aliphatic carbocycles. The van der Waals surface area contributed by atoms with Crippen LogP contribution in [0.15, 0.2) is 122 Å². The van der Waals surface area contributed by atoms with Crippen LogP contribution in [0.25, 0.3) is 50.5 Å². The Morgan fingerprint density at radius 3 is 1.83 bits per heavy atom. The van der Waals surface area contributed by atoms with E-state index < -0.39 is 0 Å². The first-order chi connectivity index (χ1) is 20.2. The number of anilines is 2. The molecule has 3 heteroatoms. The lowest BCUT2D eigenvalue weighted by Crippen LogP contribution is -2.05. The molecule has 200 valence electrons. The zero-order valence-electron chi connectivity index (χ0n) is 23.6. The molecule has 6 aromatic rings. The third kappa shape index (κ3) is 5.15. The van der Waals surface area contributed by atoms with E-state index in [0.29, 0.717) is 0 Å². The van der Waals surface area contributed by atoms with Crippen LogP contribution in [0.5, 0.6) is 0 Å². The first-order valence-corrected chi connectivity index (χ1v) is 14.2. The van der Waals surface area contributed by atoms with Crippen molar-refractivity contribution in [1.29, 1.82) is 0 Å². The zero-order chi connectivity index (χ0) is 28.2. The minimum Gasteiger partial charge on any atom is -0.338 e. The Kier molecular flexibility index (Phi) is 7.42. The average molecular weight is 532 g/mol. The molecule has 0 bridgehead atoms. The van der Waals surface area contributed by atoms with Crippen LogP contribution in [-0.2, 0) is 6.42 Å². The molecule has 0 aliphatic heterocycles. The maximum Gasteiger partial charge on any atom is 0.152 e. The summed E-state index contributed by atoms with van der Waals surface area (Å²) in [6.07, 6.45) is 4.00. The predicted octanol–water partition coefficient (Wildman–Crippen LogP) is 10.3. The molecule has 0 saturated carbocycles. The van der Waals surface area contributed by atoms with Gasteiger partial charge < -0.3 is 5.32 Å². The molecule has 0 unspecified atom stereocenters. The molecule has 0 radical (unpaired) electrons. The highest BCUT2D eigenvalue weighted by Gasteiger charge is 2.18. The van der Waals surface area contributed by atoms with E-state index in [4.69, 9.17) is 9.97 Å². The van der Waals surface area contributed by atoms with Crippen LogP contribution >= 0.6 is 0 Å². The van der Waals surface area contributed by atoms with Gasteiger partial charge in [-0.05, 0) is 47.1 Å². The molecule has 0 spiro atoms. The van der Waals surface area contributed by atoms with Gasteiger partial charge in [0.1, 0.15) is 0 Å². The smallest absolute Gasteiger partial charge is 0.152 e. The Hall–Kier alpha value is -5.02. The third-order valence-electron chi connectivity index (χ3n) is 7.52. The van der Waals surface area contributed by atoms with Crippen LogP contribution in [0, 0.1) is 6.92 Å². The van der Waals surface area contributed by atoms with Gasteiger partial charge in [-0.15, -0.1) is 0 Å². The van der Waals surface area contributed by atoms with Crippen molar-refractivity contribution in [1.82, 2.24) is 9.97 Å². The van der Waals surface area contributed by atoms with Gasteiger partial charge in [0.25, 0.3) is 0 Å². The van der Waals surface area contributed by atoms with E-state index in [0.717, 1.165) is 58.1 Å².